The third-order valence-corrected chi connectivity index (χ3v) is 3.32. The number of aromatic nitrogens is 1. The van der Waals surface area contributed by atoms with E-state index >= 15 is 0 Å². The molecule has 1 aromatic heterocycles. The van der Waals surface area contributed by atoms with Crippen molar-refractivity contribution < 1.29 is 4.74 Å². The van der Waals surface area contributed by atoms with E-state index < -0.39 is 0 Å². The number of ether oxygens (including phenoxy) is 1. The van der Waals surface area contributed by atoms with Crippen molar-refractivity contribution in [3.05, 3.63) is 35.5 Å². The molecule has 0 amide bonds. The molecule has 3 nitrogen and oxygen atoms in total. The van der Waals surface area contributed by atoms with Crippen molar-refractivity contribution in [2.45, 2.75) is 53.0 Å². The molecule has 1 heterocycles. The van der Waals surface area contributed by atoms with Gasteiger partial charge in [0.15, 0.2) is 0 Å². The summed E-state index contributed by atoms with van der Waals surface area (Å²) in [6.07, 6.45) is 0.243. The highest BCUT2D eigenvalue weighted by molar-refractivity contribution is 5.84. The molecular formula is C16H24N2O. The van der Waals surface area contributed by atoms with Crippen molar-refractivity contribution in [3.63, 3.8) is 0 Å². The van der Waals surface area contributed by atoms with Crippen molar-refractivity contribution in [3.8, 4) is 0 Å². The molecule has 104 valence electrons. The fourth-order valence-electron chi connectivity index (χ4n) is 2.53. The van der Waals surface area contributed by atoms with Crippen LogP contribution in [0.5, 0.6) is 0 Å². The van der Waals surface area contributed by atoms with Gasteiger partial charge in [-0.25, -0.2) is 0 Å². The Morgan fingerprint density at radius 3 is 2.53 bits per heavy atom. The first-order chi connectivity index (χ1) is 9.04. The first-order valence-electron chi connectivity index (χ1n) is 6.98. The van der Waals surface area contributed by atoms with E-state index in [1.54, 1.807) is 0 Å². The van der Waals surface area contributed by atoms with Gasteiger partial charge < -0.3 is 15.0 Å². The minimum Gasteiger partial charge on any atom is -0.373 e. The molecule has 0 spiro atoms. The lowest BCUT2D eigenvalue weighted by Gasteiger charge is -2.17. The van der Waals surface area contributed by atoms with Crippen LogP contribution in [0.3, 0.4) is 0 Å². The molecule has 0 aliphatic heterocycles. The molecule has 0 aliphatic rings. The van der Waals surface area contributed by atoms with E-state index in [1.165, 1.54) is 22.2 Å². The normalized spacial score (nSPS) is 11.9. The monoisotopic (exact) mass is 260 g/mol. The van der Waals surface area contributed by atoms with E-state index in [0.717, 1.165) is 0 Å². The SMILES string of the molecule is CC(C)OCc1cc2cccc(CN)c2n1C(C)C. The molecule has 1 aromatic carbocycles. The topological polar surface area (TPSA) is 40.2 Å². The molecule has 0 radical (unpaired) electrons. The summed E-state index contributed by atoms with van der Waals surface area (Å²) in [7, 11) is 0. The Morgan fingerprint density at radius 1 is 1.21 bits per heavy atom. The first kappa shape index (κ1) is 14.1. The molecule has 0 saturated carbocycles. The standard InChI is InChI=1S/C16H24N2O/c1-11(2)18-15(10-19-12(3)4)8-13-6-5-7-14(9-17)16(13)18/h5-8,11-12H,9-10,17H2,1-4H3. The molecule has 2 N–H and O–H groups in total. The Balaban J connectivity index is 2.54. The molecule has 2 rings (SSSR count). The van der Waals surface area contributed by atoms with Gasteiger partial charge in [0.05, 0.1) is 18.2 Å². The van der Waals surface area contributed by atoms with Crippen molar-refractivity contribution in [2.24, 2.45) is 5.73 Å². The largest absolute Gasteiger partial charge is 0.373 e. The van der Waals surface area contributed by atoms with Crippen molar-refractivity contribution in [1.29, 1.82) is 0 Å². The van der Waals surface area contributed by atoms with E-state index in [0.29, 0.717) is 19.2 Å². The lowest BCUT2D eigenvalue weighted by atomic mass is 10.1. The molecular weight excluding hydrogens is 236 g/mol. The molecule has 0 aliphatic carbocycles. The van der Waals surface area contributed by atoms with Gasteiger partial charge >= 0.3 is 0 Å². The van der Waals surface area contributed by atoms with Crippen LogP contribution in [0.25, 0.3) is 10.9 Å². The van der Waals surface area contributed by atoms with Gasteiger partial charge in [-0.05, 0) is 39.3 Å². The number of nitrogens with two attached hydrogens (primary N) is 1. The van der Waals surface area contributed by atoms with Gasteiger partial charge in [-0.3, -0.25) is 0 Å². The summed E-state index contributed by atoms with van der Waals surface area (Å²) in [5.41, 5.74) is 9.54. The Bertz CT molecular complexity index is 555. The van der Waals surface area contributed by atoms with Crippen molar-refractivity contribution in [2.75, 3.05) is 0 Å². The van der Waals surface area contributed by atoms with Gasteiger partial charge in [0, 0.05) is 23.7 Å². The van der Waals surface area contributed by atoms with Crippen LogP contribution < -0.4 is 5.73 Å². The molecule has 0 fully saturated rings. The summed E-state index contributed by atoms with van der Waals surface area (Å²) in [4.78, 5) is 0. The third kappa shape index (κ3) is 2.82. The summed E-state index contributed by atoms with van der Waals surface area (Å²) in [5, 5.41) is 1.25. The maximum atomic E-state index is 5.87. The summed E-state index contributed by atoms with van der Waals surface area (Å²) < 4.78 is 8.12. The Kier molecular flexibility index (Phi) is 4.27. The Hall–Kier alpha value is -1.32. The highest BCUT2D eigenvalue weighted by atomic mass is 16.5. The molecule has 0 bridgehead atoms. The number of rotatable bonds is 5. The molecule has 0 atom stereocenters. The zero-order valence-corrected chi connectivity index (χ0v) is 12.3. The van der Waals surface area contributed by atoms with Gasteiger partial charge in [0.1, 0.15) is 0 Å². The second kappa shape index (κ2) is 5.76. The smallest absolute Gasteiger partial charge is 0.0871 e. The van der Waals surface area contributed by atoms with Crippen molar-refractivity contribution >= 4 is 10.9 Å². The number of hydrogen-bond donors (Lipinski definition) is 1. The van der Waals surface area contributed by atoms with Crippen LogP contribution in [0.15, 0.2) is 24.3 Å². The van der Waals surface area contributed by atoms with Gasteiger partial charge in [-0.15, -0.1) is 0 Å². The summed E-state index contributed by atoms with van der Waals surface area (Å²) in [6, 6.07) is 8.94. The quantitative estimate of drug-likeness (QED) is 0.892. The van der Waals surface area contributed by atoms with Gasteiger partial charge in [-0.1, -0.05) is 18.2 Å². The summed E-state index contributed by atoms with van der Waals surface area (Å²) in [5.74, 6) is 0. The Labute approximate surface area is 115 Å². The fraction of sp³-hybridized carbons (Fsp3) is 0.500. The van der Waals surface area contributed by atoms with Crippen LogP contribution in [0.4, 0.5) is 0 Å². The molecule has 2 aromatic rings. The van der Waals surface area contributed by atoms with Crippen LogP contribution in [0, 0.1) is 0 Å². The summed E-state index contributed by atoms with van der Waals surface area (Å²) >= 11 is 0. The predicted molar refractivity (Wildman–Crippen MR) is 80.1 cm³/mol. The predicted octanol–water partition coefficient (Wildman–Crippen LogP) is 3.61. The lowest BCUT2D eigenvalue weighted by molar-refractivity contribution is 0.0615. The number of fused-ring (bicyclic) bond motifs is 1. The second-order valence-corrected chi connectivity index (χ2v) is 5.52. The average molecular weight is 260 g/mol. The number of nitrogens with zero attached hydrogens (tertiary/aromatic N) is 1. The van der Waals surface area contributed by atoms with E-state index in [2.05, 4.69) is 56.5 Å². The average Bonchev–Trinajstić information content (AvgIpc) is 2.74. The zero-order chi connectivity index (χ0) is 14.0. The summed E-state index contributed by atoms with van der Waals surface area (Å²) in [6.45, 7) is 9.74. The number of benzene rings is 1. The third-order valence-electron chi connectivity index (χ3n) is 3.32. The number of para-hydroxylation sites is 1. The van der Waals surface area contributed by atoms with E-state index in [1.807, 2.05) is 0 Å². The molecule has 3 heteroatoms. The molecule has 19 heavy (non-hydrogen) atoms. The highest BCUT2D eigenvalue weighted by Crippen LogP contribution is 2.27. The van der Waals surface area contributed by atoms with Crippen LogP contribution in [-0.2, 0) is 17.9 Å². The Morgan fingerprint density at radius 2 is 1.95 bits per heavy atom. The molecule has 0 saturated heterocycles. The van der Waals surface area contributed by atoms with Gasteiger partial charge in [0.25, 0.3) is 0 Å². The number of hydrogen-bond acceptors (Lipinski definition) is 2. The minimum atomic E-state index is 0.243. The van der Waals surface area contributed by atoms with E-state index in [9.17, 15) is 0 Å². The zero-order valence-electron chi connectivity index (χ0n) is 12.3. The van der Waals surface area contributed by atoms with Crippen molar-refractivity contribution in [1.82, 2.24) is 4.57 Å². The van der Waals surface area contributed by atoms with Gasteiger partial charge in [0.2, 0.25) is 0 Å². The van der Waals surface area contributed by atoms with E-state index in [-0.39, 0.29) is 6.10 Å². The fourth-order valence-corrected chi connectivity index (χ4v) is 2.53. The van der Waals surface area contributed by atoms with Crippen LogP contribution >= 0.6 is 0 Å². The van der Waals surface area contributed by atoms with Crippen LogP contribution in [-0.4, -0.2) is 10.7 Å². The van der Waals surface area contributed by atoms with Crippen LogP contribution in [0.1, 0.15) is 45.0 Å². The lowest BCUT2D eigenvalue weighted by Crippen LogP contribution is -2.11. The van der Waals surface area contributed by atoms with Crippen LogP contribution in [0.2, 0.25) is 0 Å². The first-order valence-corrected chi connectivity index (χ1v) is 6.98. The molecule has 0 unspecified atom stereocenters. The minimum absolute atomic E-state index is 0.243. The van der Waals surface area contributed by atoms with Gasteiger partial charge in [-0.2, -0.15) is 0 Å². The second-order valence-electron chi connectivity index (χ2n) is 5.52. The highest BCUT2D eigenvalue weighted by Gasteiger charge is 2.14. The van der Waals surface area contributed by atoms with E-state index in [4.69, 9.17) is 10.5 Å². The maximum Gasteiger partial charge on any atom is 0.0871 e. The maximum absolute atomic E-state index is 5.87.